The summed E-state index contributed by atoms with van der Waals surface area (Å²) in [7, 11) is 0. The van der Waals surface area contributed by atoms with Crippen molar-refractivity contribution in [3.63, 3.8) is 0 Å². The maximum absolute atomic E-state index is 5.48. The average Bonchev–Trinajstić information content (AvgIpc) is 3.68. The fourth-order valence-electron chi connectivity index (χ4n) is 7.97. The Morgan fingerprint density at radius 2 is 0.772 bits per heavy atom. The summed E-state index contributed by atoms with van der Waals surface area (Å²) < 4.78 is 2.59. The lowest BCUT2D eigenvalue weighted by Crippen LogP contribution is -2.00. The van der Waals surface area contributed by atoms with Gasteiger partial charge < -0.3 is 0 Å². The van der Waals surface area contributed by atoms with Crippen LogP contribution in [0.15, 0.2) is 194 Å². The van der Waals surface area contributed by atoms with Crippen LogP contribution in [0.3, 0.4) is 0 Å². The van der Waals surface area contributed by atoms with Crippen molar-refractivity contribution in [2.75, 3.05) is 0 Å². The van der Waals surface area contributed by atoms with Crippen LogP contribution in [0.25, 0.3) is 110 Å². The number of para-hydroxylation sites is 1. The molecule has 0 aliphatic heterocycles. The summed E-state index contributed by atoms with van der Waals surface area (Å²) in [6.45, 7) is 0. The predicted molar refractivity (Wildman–Crippen MR) is 238 cm³/mol. The van der Waals surface area contributed by atoms with Gasteiger partial charge in [-0.2, -0.15) is 0 Å². The zero-order valence-electron chi connectivity index (χ0n) is 30.7. The van der Waals surface area contributed by atoms with E-state index in [1.165, 1.54) is 36.3 Å². The summed E-state index contributed by atoms with van der Waals surface area (Å²) in [6, 6.07) is 68.0. The third-order valence-electron chi connectivity index (χ3n) is 10.7. The molecule has 3 aromatic heterocycles. The second-order valence-corrected chi connectivity index (χ2v) is 15.3. The number of aromatic nitrogens is 4. The molecule has 3 heterocycles. The van der Waals surface area contributed by atoms with E-state index < -0.39 is 0 Å². The van der Waals surface area contributed by atoms with Crippen molar-refractivity contribution in [3.8, 4) is 67.7 Å². The molecule has 0 spiro atoms. The number of hydrogen-bond donors (Lipinski definition) is 0. The summed E-state index contributed by atoms with van der Waals surface area (Å²) in [5, 5.41) is 6.19. The van der Waals surface area contributed by atoms with E-state index in [9.17, 15) is 0 Å². The minimum absolute atomic E-state index is 0.642. The van der Waals surface area contributed by atoms with Crippen LogP contribution in [-0.2, 0) is 0 Å². The molecule has 0 fully saturated rings. The van der Waals surface area contributed by atoms with Crippen LogP contribution < -0.4 is 0 Å². The van der Waals surface area contributed by atoms with Crippen molar-refractivity contribution < 1.29 is 0 Å². The number of nitrogens with zero attached hydrogens (tertiary/aromatic N) is 4. The van der Waals surface area contributed by atoms with Gasteiger partial charge in [-0.05, 0) is 28.8 Å². The Hall–Kier alpha value is -7.34. The summed E-state index contributed by atoms with van der Waals surface area (Å²) in [5.41, 5.74) is 10.4. The molecular weight excluding hydrogens is 713 g/mol. The molecule has 0 saturated carbocycles. The zero-order chi connectivity index (χ0) is 37.7. The summed E-state index contributed by atoms with van der Waals surface area (Å²) in [6.07, 6.45) is 0. The van der Waals surface area contributed by atoms with Crippen LogP contribution >= 0.6 is 11.3 Å². The highest BCUT2D eigenvalue weighted by atomic mass is 32.1. The van der Waals surface area contributed by atoms with Gasteiger partial charge in [-0.1, -0.05) is 182 Å². The van der Waals surface area contributed by atoms with Crippen molar-refractivity contribution in [1.29, 1.82) is 0 Å². The molecule has 0 bridgehead atoms. The summed E-state index contributed by atoms with van der Waals surface area (Å²) in [5.74, 6) is 1.95. The fraction of sp³-hybridized carbons (Fsp3) is 0. The Morgan fingerprint density at radius 1 is 0.281 bits per heavy atom. The standard InChI is InChI=1S/C52H32N4S/c1-4-13-36(14-5-1)48-43-31-32-45-47(41-19-10-11-22-44(41)57-45)46(43)42-21-12-20-40(49(42)53-48)35-27-23-33(24-28-35)34-25-29-39(30-26-34)52-55-50(37-15-6-2-7-16-37)54-51(56-52)38-17-8-3-9-18-38/h1-32H. The molecule has 0 atom stereocenters. The number of benzene rings is 8. The van der Waals surface area contributed by atoms with Gasteiger partial charge >= 0.3 is 0 Å². The highest BCUT2D eigenvalue weighted by Crippen LogP contribution is 2.45. The number of fused-ring (bicyclic) bond motifs is 7. The molecule has 0 aliphatic rings. The van der Waals surface area contributed by atoms with Gasteiger partial charge in [-0.25, -0.2) is 19.9 Å². The van der Waals surface area contributed by atoms with Gasteiger partial charge in [-0.15, -0.1) is 11.3 Å². The van der Waals surface area contributed by atoms with Crippen LogP contribution in [0, 0.1) is 0 Å². The molecule has 4 nitrogen and oxygen atoms in total. The van der Waals surface area contributed by atoms with E-state index in [4.69, 9.17) is 19.9 Å². The first-order valence-corrected chi connectivity index (χ1v) is 19.9. The van der Waals surface area contributed by atoms with Gasteiger partial charge in [-0.3, -0.25) is 0 Å². The number of rotatable bonds is 6. The first-order chi connectivity index (χ1) is 28.2. The molecule has 0 unspecified atom stereocenters. The lowest BCUT2D eigenvalue weighted by atomic mass is 9.93. The smallest absolute Gasteiger partial charge is 0.164 e. The highest BCUT2D eigenvalue weighted by Gasteiger charge is 2.19. The van der Waals surface area contributed by atoms with Crippen molar-refractivity contribution in [2.45, 2.75) is 0 Å². The fourth-order valence-corrected chi connectivity index (χ4v) is 9.09. The number of thiophene rings is 1. The van der Waals surface area contributed by atoms with Gasteiger partial charge in [0.1, 0.15) is 0 Å². The molecule has 0 aliphatic carbocycles. The van der Waals surface area contributed by atoms with E-state index in [0.29, 0.717) is 17.5 Å². The van der Waals surface area contributed by atoms with E-state index in [1.807, 2.05) is 72.0 Å². The largest absolute Gasteiger partial charge is 0.246 e. The Bertz CT molecular complexity index is 3190. The van der Waals surface area contributed by atoms with Crippen LogP contribution in [0.5, 0.6) is 0 Å². The number of hydrogen-bond acceptors (Lipinski definition) is 5. The first-order valence-electron chi connectivity index (χ1n) is 19.1. The molecule has 8 aromatic carbocycles. The Balaban J connectivity index is 0.995. The zero-order valence-corrected chi connectivity index (χ0v) is 31.5. The van der Waals surface area contributed by atoms with E-state index in [1.54, 1.807) is 0 Å². The van der Waals surface area contributed by atoms with E-state index >= 15 is 0 Å². The van der Waals surface area contributed by atoms with Gasteiger partial charge in [0.25, 0.3) is 0 Å². The van der Waals surface area contributed by atoms with Gasteiger partial charge in [0, 0.05) is 64.1 Å². The molecule has 0 N–H and O–H groups in total. The lowest BCUT2D eigenvalue weighted by molar-refractivity contribution is 1.07. The maximum Gasteiger partial charge on any atom is 0.164 e. The van der Waals surface area contributed by atoms with E-state index in [2.05, 4.69) is 133 Å². The second kappa shape index (κ2) is 13.7. The molecule has 5 heteroatoms. The number of pyridine rings is 1. The summed E-state index contributed by atoms with van der Waals surface area (Å²) in [4.78, 5) is 20.2. The average molecular weight is 745 g/mol. The molecule has 266 valence electrons. The van der Waals surface area contributed by atoms with Crippen molar-refractivity contribution in [3.05, 3.63) is 194 Å². The van der Waals surface area contributed by atoms with Crippen LogP contribution in [0.2, 0.25) is 0 Å². The van der Waals surface area contributed by atoms with Crippen LogP contribution in [-0.4, -0.2) is 19.9 Å². The monoisotopic (exact) mass is 744 g/mol. The molecule has 11 aromatic rings. The Kier molecular flexibility index (Phi) is 7.97. The SMILES string of the molecule is c1ccc(-c2nc(-c3ccccc3)nc(-c3ccc(-c4ccc(-c5cccc6c5nc(-c5ccccc5)c5ccc7sc8ccccc8c7c56)cc4)cc3)n2)cc1. The second-order valence-electron chi connectivity index (χ2n) is 14.2. The molecule has 0 amide bonds. The Morgan fingerprint density at radius 3 is 1.39 bits per heavy atom. The third-order valence-corrected chi connectivity index (χ3v) is 11.9. The highest BCUT2D eigenvalue weighted by molar-refractivity contribution is 7.26. The topological polar surface area (TPSA) is 51.6 Å². The minimum atomic E-state index is 0.642. The van der Waals surface area contributed by atoms with Crippen LogP contribution in [0.4, 0.5) is 0 Å². The van der Waals surface area contributed by atoms with Crippen LogP contribution in [0.1, 0.15) is 0 Å². The maximum atomic E-state index is 5.48. The van der Waals surface area contributed by atoms with Crippen molar-refractivity contribution in [1.82, 2.24) is 19.9 Å². The molecule has 0 saturated heterocycles. The first kappa shape index (κ1) is 33.0. The normalized spacial score (nSPS) is 11.5. The van der Waals surface area contributed by atoms with E-state index in [-0.39, 0.29) is 0 Å². The quantitative estimate of drug-likeness (QED) is 0.159. The molecular formula is C52H32N4S. The minimum Gasteiger partial charge on any atom is -0.246 e. The summed E-state index contributed by atoms with van der Waals surface area (Å²) >= 11 is 1.86. The Labute approximate surface area is 333 Å². The third kappa shape index (κ3) is 5.84. The molecule has 11 rings (SSSR count). The molecule has 57 heavy (non-hydrogen) atoms. The van der Waals surface area contributed by atoms with Gasteiger partial charge in [0.15, 0.2) is 17.5 Å². The van der Waals surface area contributed by atoms with Crippen molar-refractivity contribution in [2.24, 2.45) is 0 Å². The van der Waals surface area contributed by atoms with Gasteiger partial charge in [0.05, 0.1) is 11.2 Å². The predicted octanol–water partition coefficient (Wildman–Crippen LogP) is 13.9. The lowest BCUT2D eigenvalue weighted by Gasteiger charge is -2.15. The molecule has 0 radical (unpaired) electrons. The van der Waals surface area contributed by atoms with E-state index in [0.717, 1.165) is 55.7 Å². The van der Waals surface area contributed by atoms with Gasteiger partial charge in [0.2, 0.25) is 0 Å². The van der Waals surface area contributed by atoms with Crippen molar-refractivity contribution >= 4 is 53.2 Å².